The standard InChI is InChI=1S/C52H65N9O11/c1-6-21-71-52(67)61-39-29-43(34(3)26-38(39)49(65)60-30-33(2)25-41(60)50(61)72-46-13-7-8-22-69-46)68-23-9-12-45(63)56-44-32-59(5)47(57-44)42(62)27-35-14-16-36(17-15-35)37-28-40(58(4)31-37)48(64)54-20-11-24-70-51(66)55-19-10-18-53/h6,14-17,26,28-29,31-32,41,46,50H,1-2,7-13,18-25,27,30,53H2,3-5H3,(H,54,64)(H,55,66)(H,56,63)/t41-,46?,50?/m0/s1. The van der Waals surface area contributed by atoms with Gasteiger partial charge in [-0.2, -0.15) is 0 Å². The van der Waals surface area contributed by atoms with E-state index in [-0.39, 0.29) is 79.1 Å². The van der Waals surface area contributed by atoms with E-state index in [0.29, 0.717) is 81.9 Å². The molecule has 2 saturated heterocycles. The van der Waals surface area contributed by atoms with E-state index in [2.05, 4.69) is 34.1 Å². The second-order valence-corrected chi connectivity index (χ2v) is 18.0. The minimum atomic E-state index is -0.943. The molecule has 2 fully saturated rings. The zero-order valence-corrected chi connectivity index (χ0v) is 41.2. The number of Topliss-reactive ketones (excluding diaryl/α,β-unsaturated/α-hetero) is 1. The van der Waals surface area contributed by atoms with Crippen LogP contribution in [0.4, 0.5) is 21.1 Å². The maximum Gasteiger partial charge on any atom is 0.416 e. The molecule has 2 aromatic heterocycles. The van der Waals surface area contributed by atoms with Gasteiger partial charge in [0, 0.05) is 77.2 Å². The van der Waals surface area contributed by atoms with E-state index in [9.17, 15) is 28.8 Å². The molecular formula is C52H65N9O11. The van der Waals surface area contributed by atoms with Gasteiger partial charge in [0.15, 0.2) is 24.2 Å². The first kappa shape index (κ1) is 52.5. The van der Waals surface area contributed by atoms with Crippen LogP contribution in [0.3, 0.4) is 0 Å². The molecule has 5 N–H and O–H groups in total. The molecule has 0 aliphatic carbocycles. The van der Waals surface area contributed by atoms with Crippen LogP contribution in [0.25, 0.3) is 11.1 Å². The lowest BCUT2D eigenvalue weighted by Crippen LogP contribution is -2.54. The monoisotopic (exact) mass is 991 g/mol. The lowest BCUT2D eigenvalue weighted by molar-refractivity contribution is -0.195. The van der Waals surface area contributed by atoms with Crippen molar-refractivity contribution in [1.29, 1.82) is 0 Å². The Morgan fingerprint density at radius 2 is 1.74 bits per heavy atom. The van der Waals surface area contributed by atoms with Crippen LogP contribution in [0.5, 0.6) is 5.75 Å². The van der Waals surface area contributed by atoms with Crippen LogP contribution in [-0.2, 0) is 44.3 Å². The number of hydrogen-bond donors (Lipinski definition) is 4. The van der Waals surface area contributed by atoms with Gasteiger partial charge in [-0.25, -0.2) is 19.5 Å². The van der Waals surface area contributed by atoms with Gasteiger partial charge in [-0.05, 0) is 87.2 Å². The number of carbonyl (C=O) groups is 6. The Morgan fingerprint density at radius 3 is 2.49 bits per heavy atom. The fraction of sp³-hybridized carbons (Fsp3) is 0.442. The number of ketones is 1. The van der Waals surface area contributed by atoms with Gasteiger partial charge in [-0.3, -0.25) is 19.2 Å². The van der Waals surface area contributed by atoms with Crippen molar-refractivity contribution in [3.05, 3.63) is 108 Å². The molecular weight excluding hydrogens is 927 g/mol. The second-order valence-electron chi connectivity index (χ2n) is 18.0. The molecule has 5 amide bonds. The number of anilines is 2. The van der Waals surface area contributed by atoms with E-state index in [4.69, 9.17) is 29.4 Å². The largest absolute Gasteiger partial charge is 0.493 e. The lowest BCUT2D eigenvalue weighted by atomic mass is 10.0. The number of nitrogens with one attached hydrogen (secondary N) is 3. The number of aryl methyl sites for hydroxylation is 3. The molecule has 0 radical (unpaired) electrons. The quantitative estimate of drug-likeness (QED) is 0.0406. The average Bonchev–Trinajstić information content (AvgIpc) is 4.06. The third-order valence-corrected chi connectivity index (χ3v) is 12.4. The number of hydrogen-bond acceptors (Lipinski definition) is 13. The number of nitrogens with two attached hydrogens (primary N) is 1. The topological polar surface area (TPSA) is 240 Å². The number of ether oxygens (including phenoxy) is 5. The van der Waals surface area contributed by atoms with Crippen molar-refractivity contribution in [1.82, 2.24) is 29.7 Å². The van der Waals surface area contributed by atoms with E-state index in [1.165, 1.54) is 11.0 Å². The number of nitrogens with zero attached hydrogens (tertiary/aromatic N) is 5. The summed E-state index contributed by atoms with van der Waals surface area (Å²) in [6.07, 6.45) is 6.59. The highest BCUT2D eigenvalue weighted by Gasteiger charge is 2.48. The first-order chi connectivity index (χ1) is 34.7. The Hall–Kier alpha value is -7.29. The molecule has 20 nitrogen and oxygen atoms in total. The summed E-state index contributed by atoms with van der Waals surface area (Å²) in [5.74, 6) is -0.278. The molecule has 3 aliphatic heterocycles. The molecule has 2 aromatic carbocycles. The number of benzene rings is 2. The predicted octanol–water partition coefficient (Wildman–Crippen LogP) is 5.93. The van der Waals surface area contributed by atoms with E-state index in [0.717, 1.165) is 35.1 Å². The molecule has 3 aliphatic rings. The fourth-order valence-electron chi connectivity index (χ4n) is 8.81. The van der Waals surface area contributed by atoms with E-state index >= 15 is 0 Å². The van der Waals surface area contributed by atoms with Crippen LogP contribution in [0, 0.1) is 6.92 Å². The highest BCUT2D eigenvalue weighted by Crippen LogP contribution is 2.41. The molecule has 384 valence electrons. The van der Waals surface area contributed by atoms with Crippen LogP contribution < -0.4 is 31.3 Å². The summed E-state index contributed by atoms with van der Waals surface area (Å²) in [6, 6.07) is 12.1. The van der Waals surface area contributed by atoms with Gasteiger partial charge in [0.25, 0.3) is 11.8 Å². The molecule has 72 heavy (non-hydrogen) atoms. The Balaban J connectivity index is 0.910. The Morgan fingerprint density at radius 1 is 0.944 bits per heavy atom. The number of fused-ring (bicyclic) bond motifs is 2. The van der Waals surface area contributed by atoms with Gasteiger partial charge < -0.3 is 59.4 Å². The van der Waals surface area contributed by atoms with Gasteiger partial charge in [0.05, 0.1) is 30.5 Å². The van der Waals surface area contributed by atoms with Crippen molar-refractivity contribution < 1.29 is 52.5 Å². The number of aromatic nitrogens is 3. The number of amides is 5. The van der Waals surface area contributed by atoms with Crippen molar-refractivity contribution in [3.63, 3.8) is 0 Å². The smallest absolute Gasteiger partial charge is 0.416 e. The molecule has 0 bridgehead atoms. The van der Waals surface area contributed by atoms with Crippen molar-refractivity contribution in [2.75, 3.05) is 62.8 Å². The maximum atomic E-state index is 14.2. The minimum absolute atomic E-state index is 0.0567. The molecule has 20 heteroatoms. The molecule has 3 atom stereocenters. The van der Waals surface area contributed by atoms with Gasteiger partial charge in [0.1, 0.15) is 18.1 Å². The van der Waals surface area contributed by atoms with Gasteiger partial charge in [0.2, 0.25) is 11.7 Å². The van der Waals surface area contributed by atoms with Crippen LogP contribution in [0.1, 0.15) is 94.0 Å². The van der Waals surface area contributed by atoms with Gasteiger partial charge in [-0.1, -0.05) is 49.1 Å². The van der Waals surface area contributed by atoms with Crippen molar-refractivity contribution in [2.45, 2.75) is 83.3 Å². The molecule has 5 heterocycles. The average molecular weight is 992 g/mol. The highest BCUT2D eigenvalue weighted by molar-refractivity contribution is 6.06. The number of imidazole rings is 1. The summed E-state index contributed by atoms with van der Waals surface area (Å²) in [6.45, 7) is 12.0. The summed E-state index contributed by atoms with van der Waals surface area (Å²) in [4.78, 5) is 86.7. The second kappa shape index (κ2) is 24.7. The number of alkyl carbamates (subject to hydrolysis) is 1. The first-order valence-electron chi connectivity index (χ1n) is 24.3. The Kier molecular flexibility index (Phi) is 18.0. The zero-order valence-electron chi connectivity index (χ0n) is 41.2. The predicted molar refractivity (Wildman–Crippen MR) is 268 cm³/mol. The fourth-order valence-corrected chi connectivity index (χ4v) is 8.81. The van der Waals surface area contributed by atoms with E-state index in [1.54, 1.807) is 52.5 Å². The SMILES string of the molecule is C=CCOC(=O)N1c2cc(OCCCC(=O)Nc3cn(C)c(C(=O)Cc4ccc(-c5cc(C(=O)NCCCOC(=O)NCCCN)n(C)c5)cc4)n3)c(C)cc2C(=O)N2CC(=C)C[C@H]2C1OC1CCCCO1. The lowest BCUT2D eigenvalue weighted by Gasteiger charge is -2.38. The summed E-state index contributed by atoms with van der Waals surface area (Å²) in [5.41, 5.74) is 10.4. The molecule has 7 rings (SSSR count). The van der Waals surface area contributed by atoms with Crippen molar-refractivity contribution in [2.24, 2.45) is 19.8 Å². The summed E-state index contributed by atoms with van der Waals surface area (Å²) in [5, 5.41) is 8.24. The molecule has 0 spiro atoms. The third-order valence-electron chi connectivity index (χ3n) is 12.4. The molecule has 4 aromatic rings. The number of carbonyl (C=O) groups excluding carboxylic acids is 6. The van der Waals surface area contributed by atoms with Gasteiger partial charge in [-0.15, -0.1) is 0 Å². The zero-order chi connectivity index (χ0) is 51.3. The normalized spacial score (nSPS) is 17.4. The third kappa shape index (κ3) is 13.2. The highest BCUT2D eigenvalue weighted by atomic mass is 16.7. The van der Waals surface area contributed by atoms with E-state index < -0.39 is 30.7 Å². The Labute approximate surface area is 418 Å². The summed E-state index contributed by atoms with van der Waals surface area (Å²) in [7, 11) is 3.47. The minimum Gasteiger partial charge on any atom is -0.493 e. The van der Waals surface area contributed by atoms with Crippen LogP contribution in [-0.4, -0.2) is 126 Å². The first-order valence-corrected chi connectivity index (χ1v) is 24.3. The maximum absolute atomic E-state index is 14.2. The van der Waals surface area contributed by atoms with Crippen LogP contribution in [0.15, 0.2) is 79.7 Å². The Bertz CT molecular complexity index is 2640. The van der Waals surface area contributed by atoms with Crippen LogP contribution in [0.2, 0.25) is 0 Å². The summed E-state index contributed by atoms with van der Waals surface area (Å²) < 4.78 is 32.7. The molecule has 0 saturated carbocycles. The van der Waals surface area contributed by atoms with E-state index in [1.807, 2.05) is 37.4 Å². The van der Waals surface area contributed by atoms with Crippen molar-refractivity contribution in [3.8, 4) is 16.9 Å². The van der Waals surface area contributed by atoms with Crippen molar-refractivity contribution >= 4 is 47.2 Å². The molecule has 2 unspecified atom stereocenters. The number of rotatable bonds is 22. The summed E-state index contributed by atoms with van der Waals surface area (Å²) >= 11 is 0. The van der Waals surface area contributed by atoms with Crippen LogP contribution >= 0.6 is 0 Å². The van der Waals surface area contributed by atoms with Gasteiger partial charge >= 0.3 is 12.2 Å².